The minimum atomic E-state index is -0.0828. The van der Waals surface area contributed by atoms with Crippen LogP contribution in [0.15, 0.2) is 48.8 Å². The van der Waals surface area contributed by atoms with Gasteiger partial charge in [-0.2, -0.15) is 0 Å². The lowest BCUT2D eigenvalue weighted by Gasteiger charge is -2.23. The summed E-state index contributed by atoms with van der Waals surface area (Å²) in [6.07, 6.45) is 6.82. The summed E-state index contributed by atoms with van der Waals surface area (Å²) in [6.45, 7) is 0.805. The smallest absolute Gasteiger partial charge is 0.199 e. The first kappa shape index (κ1) is 12.2. The van der Waals surface area contributed by atoms with Gasteiger partial charge in [-0.15, -0.1) is 0 Å². The van der Waals surface area contributed by atoms with Gasteiger partial charge < -0.3 is 9.47 Å². The first-order valence-corrected chi connectivity index (χ1v) is 6.70. The molecule has 1 unspecified atom stereocenters. The minimum Gasteiger partial charge on any atom is -0.465 e. The van der Waals surface area contributed by atoms with Gasteiger partial charge in [0, 0.05) is 18.8 Å². The number of hydrogen-bond donors (Lipinski definition) is 0. The lowest BCUT2D eigenvalue weighted by molar-refractivity contribution is -0.105. The predicted molar refractivity (Wildman–Crippen MR) is 73.9 cm³/mol. The number of aromatic nitrogens is 1. The molecule has 0 radical (unpaired) electrons. The summed E-state index contributed by atoms with van der Waals surface area (Å²) in [7, 11) is 0. The van der Waals surface area contributed by atoms with Gasteiger partial charge in [0.05, 0.1) is 6.61 Å². The second kappa shape index (κ2) is 5.85. The summed E-state index contributed by atoms with van der Waals surface area (Å²) in [6, 6.07) is 12.1. The van der Waals surface area contributed by atoms with E-state index in [2.05, 4.69) is 17.1 Å². The van der Waals surface area contributed by atoms with Crippen LogP contribution in [0.1, 0.15) is 19.3 Å². The van der Waals surface area contributed by atoms with Crippen LogP contribution in [0.2, 0.25) is 0 Å². The standard InChI is InChI=1S/C16H17NO2/c1-2-12-18-16(3-1)19-15-6-4-13(5-7-15)14-8-10-17-11-9-14/h4-11,16H,1-3,12H2. The Morgan fingerprint density at radius 1 is 0.947 bits per heavy atom. The highest BCUT2D eigenvalue weighted by Gasteiger charge is 2.14. The number of hydrogen-bond acceptors (Lipinski definition) is 3. The molecule has 0 aliphatic carbocycles. The maximum Gasteiger partial charge on any atom is 0.199 e. The average molecular weight is 255 g/mol. The van der Waals surface area contributed by atoms with Crippen molar-refractivity contribution in [1.29, 1.82) is 0 Å². The van der Waals surface area contributed by atoms with Gasteiger partial charge in [-0.3, -0.25) is 4.98 Å². The van der Waals surface area contributed by atoms with E-state index in [0.717, 1.165) is 30.8 Å². The molecule has 0 saturated carbocycles. The molecule has 1 aliphatic rings. The molecule has 1 aromatic heterocycles. The monoisotopic (exact) mass is 255 g/mol. The van der Waals surface area contributed by atoms with Gasteiger partial charge >= 0.3 is 0 Å². The Kier molecular flexibility index (Phi) is 3.75. The number of pyridine rings is 1. The number of ether oxygens (including phenoxy) is 2. The van der Waals surface area contributed by atoms with Gasteiger partial charge in [0.15, 0.2) is 6.29 Å². The van der Waals surface area contributed by atoms with Crippen molar-refractivity contribution < 1.29 is 9.47 Å². The third kappa shape index (κ3) is 3.12. The van der Waals surface area contributed by atoms with Crippen molar-refractivity contribution in [3.8, 4) is 16.9 Å². The van der Waals surface area contributed by atoms with Gasteiger partial charge in [0.25, 0.3) is 0 Å². The van der Waals surface area contributed by atoms with E-state index in [-0.39, 0.29) is 6.29 Å². The van der Waals surface area contributed by atoms with Crippen molar-refractivity contribution in [2.75, 3.05) is 6.61 Å². The molecule has 3 rings (SSSR count). The molecule has 0 N–H and O–H groups in total. The van der Waals surface area contributed by atoms with Crippen molar-refractivity contribution in [1.82, 2.24) is 4.98 Å². The predicted octanol–water partition coefficient (Wildman–Crippen LogP) is 3.65. The zero-order valence-electron chi connectivity index (χ0n) is 10.8. The lowest BCUT2D eigenvalue weighted by Crippen LogP contribution is -2.24. The summed E-state index contributed by atoms with van der Waals surface area (Å²) < 4.78 is 11.4. The highest BCUT2D eigenvalue weighted by atomic mass is 16.7. The second-order valence-electron chi connectivity index (χ2n) is 4.67. The zero-order chi connectivity index (χ0) is 12.9. The maximum absolute atomic E-state index is 5.81. The van der Waals surface area contributed by atoms with Crippen LogP contribution in [0.3, 0.4) is 0 Å². The van der Waals surface area contributed by atoms with Gasteiger partial charge in [-0.05, 0) is 48.2 Å². The summed E-state index contributed by atoms with van der Waals surface area (Å²) in [5, 5.41) is 0. The highest BCUT2D eigenvalue weighted by molar-refractivity contribution is 5.63. The van der Waals surface area contributed by atoms with E-state index >= 15 is 0 Å². The van der Waals surface area contributed by atoms with Crippen LogP contribution in [-0.4, -0.2) is 17.9 Å². The van der Waals surface area contributed by atoms with Crippen LogP contribution in [-0.2, 0) is 4.74 Å². The molecule has 98 valence electrons. The third-order valence-corrected chi connectivity index (χ3v) is 3.27. The maximum atomic E-state index is 5.81. The van der Waals surface area contributed by atoms with Crippen LogP contribution in [0, 0.1) is 0 Å². The Hall–Kier alpha value is -1.87. The Balaban J connectivity index is 1.68. The Morgan fingerprint density at radius 2 is 1.68 bits per heavy atom. The van der Waals surface area contributed by atoms with E-state index in [0.29, 0.717) is 0 Å². The van der Waals surface area contributed by atoms with E-state index in [1.165, 1.54) is 12.0 Å². The fourth-order valence-corrected chi connectivity index (χ4v) is 2.23. The lowest BCUT2D eigenvalue weighted by atomic mass is 10.1. The number of nitrogens with zero attached hydrogens (tertiary/aromatic N) is 1. The van der Waals surface area contributed by atoms with E-state index in [4.69, 9.17) is 9.47 Å². The van der Waals surface area contributed by atoms with Crippen LogP contribution in [0.25, 0.3) is 11.1 Å². The molecule has 1 aliphatic heterocycles. The number of benzene rings is 1. The van der Waals surface area contributed by atoms with E-state index in [1.54, 1.807) is 12.4 Å². The van der Waals surface area contributed by atoms with Crippen LogP contribution < -0.4 is 4.74 Å². The summed E-state index contributed by atoms with van der Waals surface area (Å²) in [5.74, 6) is 0.865. The van der Waals surface area contributed by atoms with Crippen molar-refractivity contribution in [2.24, 2.45) is 0 Å². The topological polar surface area (TPSA) is 31.4 Å². The molecule has 2 aromatic rings. The normalized spacial score (nSPS) is 19.1. The SMILES string of the molecule is c1cc(-c2ccc(OC3CCCCO3)cc2)ccn1. The van der Waals surface area contributed by atoms with Crippen LogP contribution in [0.5, 0.6) is 5.75 Å². The van der Waals surface area contributed by atoms with E-state index < -0.39 is 0 Å². The van der Waals surface area contributed by atoms with Gasteiger partial charge in [-0.25, -0.2) is 0 Å². The quantitative estimate of drug-likeness (QED) is 0.838. The minimum absolute atomic E-state index is 0.0828. The summed E-state index contributed by atoms with van der Waals surface area (Å²) in [4.78, 5) is 4.02. The van der Waals surface area contributed by atoms with Crippen LogP contribution in [0.4, 0.5) is 0 Å². The molecule has 1 fully saturated rings. The fraction of sp³-hybridized carbons (Fsp3) is 0.312. The van der Waals surface area contributed by atoms with Gasteiger partial charge in [0.1, 0.15) is 5.75 Å². The first-order valence-electron chi connectivity index (χ1n) is 6.70. The first-order chi connectivity index (χ1) is 9.42. The molecular weight excluding hydrogens is 238 g/mol. The number of rotatable bonds is 3. The van der Waals surface area contributed by atoms with Crippen molar-refractivity contribution in [3.05, 3.63) is 48.8 Å². The molecule has 3 nitrogen and oxygen atoms in total. The Bertz CT molecular complexity index is 504. The molecule has 1 atom stereocenters. The van der Waals surface area contributed by atoms with E-state index in [9.17, 15) is 0 Å². The summed E-state index contributed by atoms with van der Waals surface area (Å²) in [5.41, 5.74) is 2.33. The summed E-state index contributed by atoms with van der Waals surface area (Å²) >= 11 is 0. The fourth-order valence-electron chi connectivity index (χ4n) is 2.23. The molecule has 3 heteroatoms. The van der Waals surface area contributed by atoms with Gasteiger partial charge in [0.2, 0.25) is 0 Å². The van der Waals surface area contributed by atoms with Crippen molar-refractivity contribution >= 4 is 0 Å². The molecule has 1 aromatic carbocycles. The van der Waals surface area contributed by atoms with E-state index in [1.807, 2.05) is 24.3 Å². The highest BCUT2D eigenvalue weighted by Crippen LogP contribution is 2.24. The van der Waals surface area contributed by atoms with Crippen molar-refractivity contribution in [3.63, 3.8) is 0 Å². The Morgan fingerprint density at radius 3 is 2.37 bits per heavy atom. The molecule has 0 bridgehead atoms. The molecule has 19 heavy (non-hydrogen) atoms. The third-order valence-electron chi connectivity index (χ3n) is 3.27. The average Bonchev–Trinajstić information content (AvgIpc) is 2.50. The largest absolute Gasteiger partial charge is 0.465 e. The zero-order valence-corrected chi connectivity index (χ0v) is 10.8. The second-order valence-corrected chi connectivity index (χ2v) is 4.67. The molecule has 1 saturated heterocycles. The molecular formula is C16H17NO2. The van der Waals surface area contributed by atoms with Gasteiger partial charge in [-0.1, -0.05) is 12.1 Å². The van der Waals surface area contributed by atoms with Crippen LogP contribution >= 0.6 is 0 Å². The molecule has 0 spiro atoms. The van der Waals surface area contributed by atoms with Crippen molar-refractivity contribution in [2.45, 2.75) is 25.6 Å². The molecule has 0 amide bonds. The molecule has 2 heterocycles. The Labute approximate surface area is 113 Å².